The largest absolute Gasteiger partial charge is 0.381 e. The summed E-state index contributed by atoms with van der Waals surface area (Å²) in [6, 6.07) is 12.9. The summed E-state index contributed by atoms with van der Waals surface area (Å²) in [5.74, 6) is -1.77. The maximum absolute atomic E-state index is 13.9. The lowest BCUT2D eigenvalue weighted by Gasteiger charge is -2.28. The van der Waals surface area contributed by atoms with Crippen molar-refractivity contribution in [2.75, 3.05) is 23.3 Å². The second-order valence-electron chi connectivity index (χ2n) is 6.68. The minimum Gasteiger partial charge on any atom is -0.381 e. The maximum Gasteiger partial charge on any atom is 0.184 e. The van der Waals surface area contributed by atoms with Crippen LogP contribution in [0, 0.1) is 11.6 Å². The van der Waals surface area contributed by atoms with Gasteiger partial charge in [0, 0.05) is 42.6 Å². The Balaban J connectivity index is 1.49. The number of nitrogens with one attached hydrogen (secondary N) is 1. The molecule has 1 N–H and O–H groups in total. The second kappa shape index (κ2) is 7.28. The predicted molar refractivity (Wildman–Crippen MR) is 101 cm³/mol. The van der Waals surface area contributed by atoms with Crippen molar-refractivity contribution < 1.29 is 8.78 Å². The number of hydrogen-bond donors (Lipinski definition) is 1. The molecule has 3 aromatic rings. The lowest BCUT2D eigenvalue weighted by molar-refractivity contribution is 0.515. The standard InChI is InChI=1S/C21H21F2N3/c22-19-9-8-18-15(10-11-24-21(18)20(19)23)14-25-16-4-6-17(7-5-16)26-12-2-1-3-13-26/h4-11,25H,1-3,12-14H2. The summed E-state index contributed by atoms with van der Waals surface area (Å²) in [7, 11) is 0. The van der Waals surface area contributed by atoms with Crippen LogP contribution in [0.5, 0.6) is 0 Å². The van der Waals surface area contributed by atoms with Gasteiger partial charge in [-0.25, -0.2) is 8.78 Å². The Morgan fingerprint density at radius 3 is 2.46 bits per heavy atom. The molecule has 4 rings (SSSR count). The van der Waals surface area contributed by atoms with Crippen molar-refractivity contribution in [3.8, 4) is 0 Å². The third kappa shape index (κ3) is 3.34. The lowest BCUT2D eigenvalue weighted by Crippen LogP contribution is -2.29. The van der Waals surface area contributed by atoms with E-state index in [0.29, 0.717) is 11.9 Å². The molecule has 1 fully saturated rings. The van der Waals surface area contributed by atoms with E-state index < -0.39 is 11.6 Å². The van der Waals surface area contributed by atoms with Crippen molar-refractivity contribution in [1.82, 2.24) is 4.98 Å². The molecule has 5 heteroatoms. The van der Waals surface area contributed by atoms with Gasteiger partial charge in [-0.2, -0.15) is 0 Å². The minimum absolute atomic E-state index is 0.0738. The Kier molecular flexibility index (Phi) is 4.69. The zero-order chi connectivity index (χ0) is 17.9. The molecule has 0 unspecified atom stereocenters. The second-order valence-corrected chi connectivity index (χ2v) is 6.68. The molecule has 1 saturated heterocycles. The van der Waals surface area contributed by atoms with Gasteiger partial charge in [0.2, 0.25) is 0 Å². The number of hydrogen-bond acceptors (Lipinski definition) is 3. The first-order valence-corrected chi connectivity index (χ1v) is 9.03. The van der Waals surface area contributed by atoms with Crippen molar-refractivity contribution >= 4 is 22.3 Å². The van der Waals surface area contributed by atoms with Crippen LogP contribution < -0.4 is 10.2 Å². The quantitative estimate of drug-likeness (QED) is 0.706. The zero-order valence-corrected chi connectivity index (χ0v) is 14.5. The number of halogens is 2. The van der Waals surface area contributed by atoms with Crippen molar-refractivity contribution in [3.05, 3.63) is 65.9 Å². The van der Waals surface area contributed by atoms with Crippen LogP contribution in [0.1, 0.15) is 24.8 Å². The number of anilines is 2. The highest BCUT2D eigenvalue weighted by Crippen LogP contribution is 2.24. The van der Waals surface area contributed by atoms with Gasteiger partial charge >= 0.3 is 0 Å². The molecular weight excluding hydrogens is 332 g/mol. The average Bonchev–Trinajstić information content (AvgIpc) is 2.70. The fraction of sp³-hybridized carbons (Fsp3) is 0.286. The van der Waals surface area contributed by atoms with Crippen LogP contribution in [-0.4, -0.2) is 18.1 Å². The van der Waals surface area contributed by atoms with E-state index >= 15 is 0 Å². The van der Waals surface area contributed by atoms with Crippen LogP contribution in [0.2, 0.25) is 0 Å². The number of pyridine rings is 1. The molecule has 0 aliphatic carbocycles. The van der Waals surface area contributed by atoms with Crippen LogP contribution in [0.25, 0.3) is 10.9 Å². The normalized spacial score (nSPS) is 14.6. The highest BCUT2D eigenvalue weighted by molar-refractivity contribution is 5.82. The highest BCUT2D eigenvalue weighted by atomic mass is 19.2. The van der Waals surface area contributed by atoms with Crippen LogP contribution in [-0.2, 0) is 6.54 Å². The number of aromatic nitrogens is 1. The molecule has 0 spiro atoms. The molecule has 1 aliphatic rings. The first-order valence-electron chi connectivity index (χ1n) is 9.03. The van der Waals surface area contributed by atoms with E-state index in [9.17, 15) is 8.78 Å². The molecule has 26 heavy (non-hydrogen) atoms. The van der Waals surface area contributed by atoms with E-state index in [0.717, 1.165) is 30.4 Å². The number of rotatable bonds is 4. The number of piperidine rings is 1. The summed E-state index contributed by atoms with van der Waals surface area (Å²) < 4.78 is 27.3. The van der Waals surface area contributed by atoms with E-state index in [4.69, 9.17) is 0 Å². The fourth-order valence-corrected chi connectivity index (χ4v) is 3.51. The Labute approximate surface area is 151 Å². The molecule has 0 saturated carbocycles. The van der Waals surface area contributed by atoms with Gasteiger partial charge in [-0.1, -0.05) is 0 Å². The van der Waals surface area contributed by atoms with Crippen LogP contribution in [0.15, 0.2) is 48.7 Å². The van der Waals surface area contributed by atoms with Gasteiger partial charge in [-0.15, -0.1) is 0 Å². The summed E-state index contributed by atoms with van der Waals surface area (Å²) >= 11 is 0. The van der Waals surface area contributed by atoms with Crippen molar-refractivity contribution in [2.45, 2.75) is 25.8 Å². The molecule has 1 aliphatic heterocycles. The Bertz CT molecular complexity index is 903. The van der Waals surface area contributed by atoms with E-state index in [1.807, 2.05) is 6.07 Å². The lowest BCUT2D eigenvalue weighted by atomic mass is 10.1. The SMILES string of the molecule is Fc1ccc2c(CNc3ccc(N4CCCCC4)cc3)ccnc2c1F. The van der Waals surface area contributed by atoms with Gasteiger partial charge in [-0.05, 0) is 67.3 Å². The molecule has 0 bridgehead atoms. The maximum atomic E-state index is 13.9. The average molecular weight is 353 g/mol. The Morgan fingerprint density at radius 2 is 1.69 bits per heavy atom. The van der Waals surface area contributed by atoms with Crippen LogP contribution in [0.3, 0.4) is 0 Å². The molecular formula is C21H21F2N3. The van der Waals surface area contributed by atoms with Crippen LogP contribution >= 0.6 is 0 Å². The zero-order valence-electron chi connectivity index (χ0n) is 14.5. The summed E-state index contributed by atoms with van der Waals surface area (Å²) in [6.45, 7) is 2.77. The van der Waals surface area contributed by atoms with Crippen molar-refractivity contribution in [2.24, 2.45) is 0 Å². The van der Waals surface area contributed by atoms with Crippen molar-refractivity contribution in [3.63, 3.8) is 0 Å². The van der Waals surface area contributed by atoms with Gasteiger partial charge < -0.3 is 10.2 Å². The van der Waals surface area contributed by atoms with Gasteiger partial charge in [0.25, 0.3) is 0 Å². The number of benzene rings is 2. The molecule has 134 valence electrons. The summed E-state index contributed by atoms with van der Waals surface area (Å²) in [5, 5.41) is 3.98. The van der Waals surface area contributed by atoms with Crippen molar-refractivity contribution in [1.29, 1.82) is 0 Å². The summed E-state index contributed by atoms with van der Waals surface area (Å²) in [4.78, 5) is 6.39. The van der Waals surface area contributed by atoms with Crippen LogP contribution in [0.4, 0.5) is 20.2 Å². The van der Waals surface area contributed by atoms with Gasteiger partial charge in [0.05, 0.1) is 0 Å². The van der Waals surface area contributed by atoms with E-state index in [2.05, 4.69) is 39.5 Å². The molecule has 0 atom stereocenters. The summed E-state index contributed by atoms with van der Waals surface area (Å²) in [6.07, 6.45) is 5.35. The minimum atomic E-state index is -0.893. The first kappa shape index (κ1) is 16.8. The molecule has 2 heterocycles. The predicted octanol–water partition coefficient (Wildman–Crippen LogP) is 5.12. The fourth-order valence-electron chi connectivity index (χ4n) is 3.51. The Morgan fingerprint density at radius 1 is 0.923 bits per heavy atom. The Hall–Kier alpha value is -2.69. The first-order chi connectivity index (χ1) is 12.7. The molecule has 1 aromatic heterocycles. The molecule has 3 nitrogen and oxygen atoms in total. The molecule has 0 amide bonds. The van der Waals surface area contributed by atoms with E-state index in [1.165, 1.54) is 31.1 Å². The van der Waals surface area contributed by atoms with Gasteiger partial charge in [0.1, 0.15) is 5.52 Å². The monoisotopic (exact) mass is 353 g/mol. The third-order valence-corrected chi connectivity index (χ3v) is 4.97. The third-order valence-electron chi connectivity index (χ3n) is 4.97. The smallest absolute Gasteiger partial charge is 0.184 e. The molecule has 0 radical (unpaired) electrons. The molecule has 2 aromatic carbocycles. The number of fused-ring (bicyclic) bond motifs is 1. The van der Waals surface area contributed by atoms with Gasteiger partial charge in [-0.3, -0.25) is 4.98 Å². The summed E-state index contributed by atoms with van der Waals surface area (Å²) in [5.41, 5.74) is 3.21. The van der Waals surface area contributed by atoms with E-state index in [-0.39, 0.29) is 5.52 Å². The topological polar surface area (TPSA) is 28.2 Å². The number of nitrogens with zero attached hydrogens (tertiary/aromatic N) is 2. The highest BCUT2D eigenvalue weighted by Gasteiger charge is 2.12. The van der Waals surface area contributed by atoms with Gasteiger partial charge in [0.15, 0.2) is 11.6 Å². The van der Waals surface area contributed by atoms with E-state index in [1.54, 1.807) is 6.07 Å².